The van der Waals surface area contributed by atoms with Crippen molar-refractivity contribution in [3.8, 4) is 0 Å². The smallest absolute Gasteiger partial charge is 0.227 e. The zero-order chi connectivity index (χ0) is 13.9. The van der Waals surface area contributed by atoms with Gasteiger partial charge < -0.3 is 10.6 Å². The van der Waals surface area contributed by atoms with Gasteiger partial charge in [-0.1, -0.05) is 18.2 Å². The molecule has 1 unspecified atom stereocenters. The SMILES string of the molecule is Nc1cncc(CC2CC(=O)N(c3ccccc3)C2)c1. The number of hydrogen-bond donors (Lipinski definition) is 1. The van der Waals surface area contributed by atoms with Gasteiger partial charge in [-0.2, -0.15) is 0 Å². The molecule has 2 aromatic rings. The highest BCUT2D eigenvalue weighted by molar-refractivity contribution is 5.95. The lowest BCUT2D eigenvalue weighted by Crippen LogP contribution is -2.24. The van der Waals surface area contributed by atoms with Crippen molar-refractivity contribution in [2.24, 2.45) is 5.92 Å². The third-order valence-corrected chi connectivity index (χ3v) is 3.61. The number of nitrogens with two attached hydrogens (primary N) is 1. The van der Waals surface area contributed by atoms with Gasteiger partial charge in [0.15, 0.2) is 0 Å². The average Bonchev–Trinajstić information content (AvgIpc) is 2.80. The first kappa shape index (κ1) is 12.7. The van der Waals surface area contributed by atoms with Gasteiger partial charge in [0.1, 0.15) is 0 Å². The third kappa shape index (κ3) is 2.64. The second-order valence-corrected chi connectivity index (χ2v) is 5.24. The van der Waals surface area contributed by atoms with Crippen LogP contribution in [0.15, 0.2) is 48.8 Å². The predicted octanol–water partition coefficient (Wildman–Crippen LogP) is 2.26. The molecule has 1 aliphatic rings. The van der Waals surface area contributed by atoms with E-state index in [9.17, 15) is 4.79 Å². The molecule has 20 heavy (non-hydrogen) atoms. The van der Waals surface area contributed by atoms with Gasteiger partial charge in [0.2, 0.25) is 5.91 Å². The number of pyridine rings is 1. The Balaban J connectivity index is 1.71. The summed E-state index contributed by atoms with van der Waals surface area (Å²) in [6, 6.07) is 11.8. The molecule has 1 saturated heterocycles. The summed E-state index contributed by atoms with van der Waals surface area (Å²) in [5.41, 5.74) is 8.48. The van der Waals surface area contributed by atoms with Crippen LogP contribution in [0.1, 0.15) is 12.0 Å². The molecule has 0 aliphatic carbocycles. The molecule has 4 heteroatoms. The third-order valence-electron chi connectivity index (χ3n) is 3.61. The van der Waals surface area contributed by atoms with Crippen LogP contribution < -0.4 is 10.6 Å². The molecule has 1 atom stereocenters. The van der Waals surface area contributed by atoms with Crippen molar-refractivity contribution in [3.63, 3.8) is 0 Å². The molecular formula is C16H17N3O. The van der Waals surface area contributed by atoms with Crippen LogP contribution >= 0.6 is 0 Å². The van der Waals surface area contributed by atoms with E-state index in [0.29, 0.717) is 18.0 Å². The van der Waals surface area contributed by atoms with E-state index < -0.39 is 0 Å². The second kappa shape index (κ2) is 5.33. The van der Waals surface area contributed by atoms with E-state index in [0.717, 1.165) is 24.2 Å². The predicted molar refractivity (Wildman–Crippen MR) is 79.3 cm³/mol. The van der Waals surface area contributed by atoms with E-state index in [1.54, 1.807) is 6.20 Å². The number of para-hydroxylation sites is 1. The number of aromatic nitrogens is 1. The van der Waals surface area contributed by atoms with Crippen LogP contribution in [-0.4, -0.2) is 17.4 Å². The lowest BCUT2D eigenvalue weighted by Gasteiger charge is -2.16. The summed E-state index contributed by atoms with van der Waals surface area (Å²) in [7, 11) is 0. The topological polar surface area (TPSA) is 59.2 Å². The van der Waals surface area contributed by atoms with Gasteiger partial charge in [-0.3, -0.25) is 9.78 Å². The van der Waals surface area contributed by atoms with Crippen molar-refractivity contribution in [3.05, 3.63) is 54.4 Å². The van der Waals surface area contributed by atoms with E-state index in [4.69, 9.17) is 5.73 Å². The number of anilines is 2. The summed E-state index contributed by atoms with van der Waals surface area (Å²) < 4.78 is 0. The maximum Gasteiger partial charge on any atom is 0.227 e. The Kier molecular flexibility index (Phi) is 3.37. The molecule has 0 bridgehead atoms. The van der Waals surface area contributed by atoms with E-state index in [2.05, 4.69) is 4.98 Å². The van der Waals surface area contributed by atoms with Gasteiger partial charge in [-0.05, 0) is 36.1 Å². The van der Waals surface area contributed by atoms with Crippen LogP contribution in [0.2, 0.25) is 0 Å². The Labute approximate surface area is 118 Å². The molecule has 102 valence electrons. The number of benzene rings is 1. The summed E-state index contributed by atoms with van der Waals surface area (Å²) in [6.45, 7) is 0.762. The van der Waals surface area contributed by atoms with Crippen molar-refractivity contribution in [1.29, 1.82) is 0 Å². The fraction of sp³-hybridized carbons (Fsp3) is 0.250. The minimum absolute atomic E-state index is 0.193. The number of nitrogen functional groups attached to an aromatic ring is 1. The highest BCUT2D eigenvalue weighted by Crippen LogP contribution is 2.27. The maximum atomic E-state index is 12.1. The monoisotopic (exact) mass is 267 g/mol. The van der Waals surface area contributed by atoms with E-state index in [1.165, 1.54) is 0 Å². The summed E-state index contributed by atoms with van der Waals surface area (Å²) in [5.74, 6) is 0.518. The van der Waals surface area contributed by atoms with Crippen LogP contribution in [0, 0.1) is 5.92 Å². The fourth-order valence-electron chi connectivity index (χ4n) is 2.73. The Bertz CT molecular complexity index is 612. The van der Waals surface area contributed by atoms with E-state index in [-0.39, 0.29) is 5.91 Å². The molecule has 3 rings (SSSR count). The summed E-state index contributed by atoms with van der Waals surface area (Å²) in [5, 5.41) is 0. The highest BCUT2D eigenvalue weighted by Gasteiger charge is 2.30. The molecule has 0 saturated carbocycles. The Morgan fingerprint density at radius 3 is 2.80 bits per heavy atom. The van der Waals surface area contributed by atoms with Crippen molar-refractivity contribution < 1.29 is 4.79 Å². The second-order valence-electron chi connectivity index (χ2n) is 5.24. The van der Waals surface area contributed by atoms with Crippen molar-refractivity contribution in [1.82, 2.24) is 4.98 Å². The standard InChI is InChI=1S/C16H17N3O/c17-14-7-12(9-18-10-14)6-13-8-16(20)19(11-13)15-4-2-1-3-5-15/h1-5,7,9-10,13H,6,8,11,17H2. The number of nitrogens with zero attached hydrogens (tertiary/aromatic N) is 2. The molecule has 2 heterocycles. The minimum Gasteiger partial charge on any atom is -0.397 e. The van der Waals surface area contributed by atoms with Gasteiger partial charge in [0.05, 0.1) is 5.69 Å². The molecule has 1 aromatic carbocycles. The zero-order valence-electron chi connectivity index (χ0n) is 11.2. The first-order valence-electron chi connectivity index (χ1n) is 6.77. The van der Waals surface area contributed by atoms with Crippen molar-refractivity contribution >= 4 is 17.3 Å². The van der Waals surface area contributed by atoms with Crippen LogP contribution in [0.4, 0.5) is 11.4 Å². The highest BCUT2D eigenvalue weighted by atomic mass is 16.2. The molecule has 4 nitrogen and oxygen atoms in total. The number of carbonyl (C=O) groups excluding carboxylic acids is 1. The molecule has 1 aliphatic heterocycles. The maximum absolute atomic E-state index is 12.1. The largest absolute Gasteiger partial charge is 0.397 e. The quantitative estimate of drug-likeness (QED) is 0.928. The molecule has 1 amide bonds. The normalized spacial score (nSPS) is 18.5. The molecule has 2 N–H and O–H groups in total. The Morgan fingerprint density at radius 1 is 1.25 bits per heavy atom. The first-order valence-corrected chi connectivity index (χ1v) is 6.77. The zero-order valence-corrected chi connectivity index (χ0v) is 11.2. The van der Waals surface area contributed by atoms with Crippen molar-refractivity contribution in [2.45, 2.75) is 12.8 Å². The average molecular weight is 267 g/mol. The van der Waals surface area contributed by atoms with Gasteiger partial charge in [0, 0.05) is 31.0 Å². The Morgan fingerprint density at radius 2 is 2.05 bits per heavy atom. The first-order chi connectivity index (χ1) is 9.72. The summed E-state index contributed by atoms with van der Waals surface area (Å²) in [4.78, 5) is 18.1. The van der Waals surface area contributed by atoms with E-state index >= 15 is 0 Å². The fourth-order valence-corrected chi connectivity index (χ4v) is 2.73. The van der Waals surface area contributed by atoms with Gasteiger partial charge in [-0.15, -0.1) is 0 Å². The van der Waals surface area contributed by atoms with Crippen LogP contribution in [-0.2, 0) is 11.2 Å². The summed E-state index contributed by atoms with van der Waals surface area (Å²) >= 11 is 0. The number of rotatable bonds is 3. The molecule has 1 fully saturated rings. The lowest BCUT2D eigenvalue weighted by molar-refractivity contribution is -0.117. The molecule has 0 radical (unpaired) electrons. The lowest BCUT2D eigenvalue weighted by atomic mass is 9.99. The Hall–Kier alpha value is -2.36. The number of hydrogen-bond acceptors (Lipinski definition) is 3. The molecule has 1 aromatic heterocycles. The van der Waals surface area contributed by atoms with Crippen LogP contribution in [0.3, 0.4) is 0 Å². The van der Waals surface area contributed by atoms with Crippen LogP contribution in [0.25, 0.3) is 0 Å². The van der Waals surface area contributed by atoms with Crippen molar-refractivity contribution in [2.75, 3.05) is 17.2 Å². The van der Waals surface area contributed by atoms with Gasteiger partial charge in [-0.25, -0.2) is 0 Å². The molecule has 0 spiro atoms. The van der Waals surface area contributed by atoms with Gasteiger partial charge >= 0.3 is 0 Å². The summed E-state index contributed by atoms with van der Waals surface area (Å²) in [6.07, 6.45) is 4.89. The molecular weight excluding hydrogens is 250 g/mol. The van der Waals surface area contributed by atoms with E-state index in [1.807, 2.05) is 47.5 Å². The number of amides is 1. The number of carbonyl (C=O) groups is 1. The minimum atomic E-state index is 0.193. The van der Waals surface area contributed by atoms with Crippen LogP contribution in [0.5, 0.6) is 0 Å². The van der Waals surface area contributed by atoms with Gasteiger partial charge in [0.25, 0.3) is 0 Å².